The predicted molar refractivity (Wildman–Crippen MR) is 121 cm³/mol. The Morgan fingerprint density at radius 1 is 1.03 bits per heavy atom. The van der Waals surface area contributed by atoms with Crippen LogP contribution < -0.4 is 16.6 Å². The third kappa shape index (κ3) is 4.24. The first-order valence-corrected chi connectivity index (χ1v) is 11.6. The third-order valence-electron chi connectivity index (χ3n) is 5.20. The van der Waals surface area contributed by atoms with E-state index < -0.39 is 21.8 Å². The summed E-state index contributed by atoms with van der Waals surface area (Å²) in [5.41, 5.74) is 11.5. The molecule has 2 heterocycles. The number of rotatable bonds is 4. The van der Waals surface area contributed by atoms with E-state index in [1.54, 1.807) is 18.2 Å². The monoisotopic (exact) mass is 473 g/mol. The number of fused-ring (bicyclic) bond motifs is 1. The molecule has 0 bridgehead atoms. The quantitative estimate of drug-likeness (QED) is 0.498. The maximum absolute atomic E-state index is 12.7. The van der Waals surface area contributed by atoms with E-state index in [4.69, 9.17) is 17.3 Å². The van der Waals surface area contributed by atoms with Crippen molar-refractivity contribution in [3.63, 3.8) is 0 Å². The number of sulfonamides is 1. The van der Waals surface area contributed by atoms with Gasteiger partial charge in [-0.3, -0.25) is 25.4 Å². The van der Waals surface area contributed by atoms with E-state index in [0.29, 0.717) is 29.0 Å². The molecule has 1 aromatic heterocycles. The van der Waals surface area contributed by atoms with Crippen LogP contribution in [0.25, 0.3) is 10.9 Å². The topological polar surface area (TPSA) is 134 Å². The number of anilines is 1. The zero-order valence-electron chi connectivity index (χ0n) is 16.8. The van der Waals surface area contributed by atoms with Crippen LogP contribution in [0, 0.1) is 0 Å². The average molecular weight is 474 g/mol. The molecular formula is C21H20ClN5O4S. The molecular weight excluding hydrogens is 454 g/mol. The molecule has 2 aromatic carbocycles. The number of nitrogens with one attached hydrogen (secondary N) is 2. The average Bonchev–Trinajstić information content (AvgIpc) is 3.34. The van der Waals surface area contributed by atoms with Crippen LogP contribution in [0.1, 0.15) is 33.6 Å². The van der Waals surface area contributed by atoms with Crippen LogP contribution in [0.2, 0.25) is 5.02 Å². The lowest BCUT2D eigenvalue weighted by atomic mass is 10.1. The van der Waals surface area contributed by atoms with E-state index in [1.165, 1.54) is 34.8 Å². The van der Waals surface area contributed by atoms with Crippen LogP contribution in [0.5, 0.6) is 0 Å². The molecule has 0 atom stereocenters. The number of aromatic nitrogens is 1. The molecule has 1 aliphatic rings. The molecule has 4 N–H and O–H groups in total. The second-order valence-electron chi connectivity index (χ2n) is 7.29. The van der Waals surface area contributed by atoms with Gasteiger partial charge < -0.3 is 5.73 Å². The summed E-state index contributed by atoms with van der Waals surface area (Å²) < 4.78 is 26.8. The van der Waals surface area contributed by atoms with Gasteiger partial charge in [-0.25, -0.2) is 8.42 Å². The highest BCUT2D eigenvalue weighted by Crippen LogP contribution is 2.26. The highest BCUT2D eigenvalue weighted by molar-refractivity contribution is 7.89. The van der Waals surface area contributed by atoms with Crippen molar-refractivity contribution in [2.24, 2.45) is 0 Å². The van der Waals surface area contributed by atoms with Crippen LogP contribution in [-0.2, 0) is 10.0 Å². The molecule has 0 saturated carbocycles. The summed E-state index contributed by atoms with van der Waals surface area (Å²) >= 11 is 5.99. The highest BCUT2D eigenvalue weighted by Gasteiger charge is 2.27. The molecule has 0 radical (unpaired) electrons. The lowest BCUT2D eigenvalue weighted by molar-refractivity contribution is 0.0847. The molecule has 3 aromatic rings. The maximum atomic E-state index is 12.7. The molecule has 32 heavy (non-hydrogen) atoms. The van der Waals surface area contributed by atoms with Crippen LogP contribution in [0.3, 0.4) is 0 Å². The molecule has 1 saturated heterocycles. The fourth-order valence-electron chi connectivity index (χ4n) is 3.49. The Labute approximate surface area is 189 Å². The first kappa shape index (κ1) is 22.0. The number of hydrogen-bond donors (Lipinski definition) is 3. The second kappa shape index (κ2) is 8.73. The Bertz CT molecular complexity index is 1320. The normalized spacial score (nSPS) is 14.4. The van der Waals surface area contributed by atoms with Crippen LogP contribution >= 0.6 is 11.6 Å². The van der Waals surface area contributed by atoms with Gasteiger partial charge in [0.15, 0.2) is 0 Å². The van der Waals surface area contributed by atoms with Gasteiger partial charge >= 0.3 is 0 Å². The van der Waals surface area contributed by atoms with Crippen molar-refractivity contribution in [1.29, 1.82) is 0 Å². The first-order valence-electron chi connectivity index (χ1n) is 9.82. The number of amides is 2. The Hall–Kier alpha value is -3.21. The summed E-state index contributed by atoms with van der Waals surface area (Å²) in [6, 6.07) is 10.6. The minimum absolute atomic E-state index is 0.0261. The number of carbonyl (C=O) groups is 2. The van der Waals surface area contributed by atoms with Gasteiger partial charge in [0.05, 0.1) is 21.7 Å². The van der Waals surface area contributed by atoms with Gasteiger partial charge in [0, 0.05) is 35.3 Å². The van der Waals surface area contributed by atoms with Gasteiger partial charge in [-0.05, 0) is 49.2 Å². The maximum Gasteiger partial charge on any atom is 0.273 e. The van der Waals surface area contributed by atoms with E-state index in [-0.39, 0.29) is 21.7 Å². The molecule has 1 aliphatic heterocycles. The summed E-state index contributed by atoms with van der Waals surface area (Å²) in [5.74, 6) is -1.35. The molecule has 11 heteroatoms. The third-order valence-corrected chi connectivity index (χ3v) is 7.33. The molecule has 4 rings (SSSR count). The molecule has 166 valence electrons. The fraction of sp³-hybridized carbons (Fsp3) is 0.190. The van der Waals surface area contributed by atoms with Crippen LogP contribution in [0.15, 0.2) is 53.6 Å². The van der Waals surface area contributed by atoms with Gasteiger partial charge in [0.1, 0.15) is 0 Å². The van der Waals surface area contributed by atoms with Crippen molar-refractivity contribution < 1.29 is 18.0 Å². The SMILES string of the molecule is Nc1c(C(=O)NNC(=O)c2cccc(S(=O)(=O)N3CCCC3)c2)cnc2ccc(Cl)cc12. The summed E-state index contributed by atoms with van der Waals surface area (Å²) in [5, 5.41) is 0.955. The predicted octanol–water partition coefficient (Wildman–Crippen LogP) is 2.33. The number of benzene rings is 2. The van der Waals surface area contributed by atoms with Crippen molar-refractivity contribution in [3.05, 3.63) is 64.8 Å². The fourth-order valence-corrected chi connectivity index (χ4v) is 5.23. The van der Waals surface area contributed by atoms with Crippen LogP contribution in [0.4, 0.5) is 5.69 Å². The molecule has 1 fully saturated rings. The highest BCUT2D eigenvalue weighted by atomic mass is 35.5. The van der Waals surface area contributed by atoms with Crippen molar-refractivity contribution >= 4 is 50.0 Å². The standard InChI is InChI=1S/C21H20ClN5O4S/c22-14-6-7-18-16(11-14)19(23)17(12-24-18)21(29)26-25-20(28)13-4-3-5-15(10-13)32(30,31)27-8-1-2-9-27/h3-7,10-12H,1-2,8-9H2,(H2,23,24)(H,25,28)(H,26,29). The van der Waals surface area contributed by atoms with Gasteiger partial charge in [0.2, 0.25) is 10.0 Å². The molecule has 0 spiro atoms. The Morgan fingerprint density at radius 3 is 2.50 bits per heavy atom. The Morgan fingerprint density at radius 2 is 1.75 bits per heavy atom. The zero-order valence-corrected chi connectivity index (χ0v) is 18.4. The van der Waals surface area contributed by atoms with Crippen LogP contribution in [-0.4, -0.2) is 42.6 Å². The minimum Gasteiger partial charge on any atom is -0.397 e. The Balaban J connectivity index is 1.49. The number of nitrogens with two attached hydrogens (primary N) is 1. The number of halogens is 1. The van der Waals surface area contributed by atoms with Gasteiger partial charge in [-0.15, -0.1) is 0 Å². The summed E-state index contributed by atoms with van der Waals surface area (Å²) in [7, 11) is -3.67. The lowest BCUT2D eigenvalue weighted by Gasteiger charge is -2.16. The van der Waals surface area contributed by atoms with E-state index in [1.807, 2.05) is 0 Å². The number of carbonyl (C=O) groups excluding carboxylic acids is 2. The summed E-state index contributed by atoms with van der Waals surface area (Å²) in [6.45, 7) is 0.919. The minimum atomic E-state index is -3.67. The molecule has 0 aliphatic carbocycles. The summed E-state index contributed by atoms with van der Waals surface area (Å²) in [6.07, 6.45) is 2.92. The van der Waals surface area contributed by atoms with E-state index in [0.717, 1.165) is 12.8 Å². The van der Waals surface area contributed by atoms with Crippen molar-refractivity contribution in [1.82, 2.24) is 20.1 Å². The van der Waals surface area contributed by atoms with Gasteiger partial charge in [-0.2, -0.15) is 4.31 Å². The number of hydrazine groups is 1. The number of nitrogen functional groups attached to an aromatic ring is 1. The first-order chi connectivity index (χ1) is 15.3. The Kier molecular flexibility index (Phi) is 6.00. The van der Waals surface area contributed by atoms with Gasteiger partial charge in [-0.1, -0.05) is 17.7 Å². The smallest absolute Gasteiger partial charge is 0.273 e. The molecule has 9 nitrogen and oxygen atoms in total. The van der Waals surface area contributed by atoms with Crippen molar-refractivity contribution in [2.45, 2.75) is 17.7 Å². The lowest BCUT2D eigenvalue weighted by Crippen LogP contribution is -2.42. The largest absolute Gasteiger partial charge is 0.397 e. The van der Waals surface area contributed by atoms with Crippen molar-refractivity contribution in [2.75, 3.05) is 18.8 Å². The number of nitrogens with zero attached hydrogens (tertiary/aromatic N) is 2. The summed E-state index contributed by atoms with van der Waals surface area (Å²) in [4.78, 5) is 29.3. The van der Waals surface area contributed by atoms with Crippen molar-refractivity contribution in [3.8, 4) is 0 Å². The van der Waals surface area contributed by atoms with Gasteiger partial charge in [0.25, 0.3) is 11.8 Å². The van der Waals surface area contributed by atoms with E-state index in [2.05, 4.69) is 15.8 Å². The van der Waals surface area contributed by atoms with E-state index in [9.17, 15) is 18.0 Å². The molecule has 2 amide bonds. The molecule has 0 unspecified atom stereocenters. The number of pyridine rings is 1. The second-order valence-corrected chi connectivity index (χ2v) is 9.67. The van der Waals surface area contributed by atoms with E-state index >= 15 is 0 Å². The number of hydrogen-bond acceptors (Lipinski definition) is 6. The zero-order chi connectivity index (χ0) is 22.9.